The van der Waals surface area contributed by atoms with Gasteiger partial charge in [0.2, 0.25) is 11.9 Å². The minimum Gasteiger partial charge on any atom is -0.485 e. The number of rotatable bonds is 7. The van der Waals surface area contributed by atoms with Crippen molar-refractivity contribution in [2.24, 2.45) is 0 Å². The summed E-state index contributed by atoms with van der Waals surface area (Å²) in [6.45, 7) is 2.15. The SMILES string of the molecule is CCCc1cc(=O)oc2cc(OCc3nc(N)nc(Nc4ccccc4)n3)ccc12. The Morgan fingerprint density at radius 3 is 2.70 bits per heavy atom. The van der Waals surface area contributed by atoms with Crippen LogP contribution in [0, 0.1) is 0 Å². The van der Waals surface area contributed by atoms with Crippen LogP contribution in [0.4, 0.5) is 17.6 Å². The average Bonchev–Trinajstić information content (AvgIpc) is 2.72. The van der Waals surface area contributed by atoms with Gasteiger partial charge in [-0.2, -0.15) is 15.0 Å². The van der Waals surface area contributed by atoms with Crippen molar-refractivity contribution in [2.45, 2.75) is 26.4 Å². The van der Waals surface area contributed by atoms with E-state index in [1.807, 2.05) is 42.5 Å². The zero-order chi connectivity index (χ0) is 20.9. The Hall–Kier alpha value is -3.94. The molecular formula is C22H21N5O3. The molecule has 0 saturated heterocycles. The summed E-state index contributed by atoms with van der Waals surface area (Å²) in [6, 6.07) is 16.5. The van der Waals surface area contributed by atoms with Crippen LogP contribution in [-0.2, 0) is 13.0 Å². The molecule has 30 heavy (non-hydrogen) atoms. The van der Waals surface area contributed by atoms with Crippen LogP contribution >= 0.6 is 0 Å². The van der Waals surface area contributed by atoms with E-state index >= 15 is 0 Å². The minimum atomic E-state index is -0.370. The quantitative estimate of drug-likeness (QED) is 0.447. The number of hydrogen-bond donors (Lipinski definition) is 2. The topological polar surface area (TPSA) is 116 Å². The summed E-state index contributed by atoms with van der Waals surface area (Å²) in [5.74, 6) is 1.34. The second-order valence-electron chi connectivity index (χ2n) is 6.71. The zero-order valence-corrected chi connectivity index (χ0v) is 16.5. The van der Waals surface area contributed by atoms with E-state index in [-0.39, 0.29) is 18.2 Å². The van der Waals surface area contributed by atoms with Crippen LogP contribution in [0.25, 0.3) is 11.0 Å². The third-order valence-corrected chi connectivity index (χ3v) is 4.42. The minimum absolute atomic E-state index is 0.0839. The van der Waals surface area contributed by atoms with Gasteiger partial charge in [-0.25, -0.2) is 4.79 Å². The predicted molar refractivity (Wildman–Crippen MR) is 115 cm³/mol. The van der Waals surface area contributed by atoms with E-state index < -0.39 is 0 Å². The molecule has 0 unspecified atom stereocenters. The summed E-state index contributed by atoms with van der Waals surface area (Å²) < 4.78 is 11.1. The van der Waals surface area contributed by atoms with Gasteiger partial charge in [0.05, 0.1) is 0 Å². The number of aryl methyl sites for hydroxylation is 1. The summed E-state index contributed by atoms with van der Waals surface area (Å²) in [4.78, 5) is 24.4. The third-order valence-electron chi connectivity index (χ3n) is 4.42. The second-order valence-corrected chi connectivity index (χ2v) is 6.71. The summed E-state index contributed by atoms with van der Waals surface area (Å²) >= 11 is 0. The lowest BCUT2D eigenvalue weighted by Crippen LogP contribution is -2.09. The highest BCUT2D eigenvalue weighted by molar-refractivity contribution is 5.81. The molecule has 0 atom stereocenters. The van der Waals surface area contributed by atoms with Crippen molar-refractivity contribution >= 4 is 28.6 Å². The van der Waals surface area contributed by atoms with E-state index in [1.165, 1.54) is 0 Å². The van der Waals surface area contributed by atoms with Crippen molar-refractivity contribution < 1.29 is 9.15 Å². The van der Waals surface area contributed by atoms with Crippen molar-refractivity contribution in [3.05, 3.63) is 76.4 Å². The first-order valence-corrected chi connectivity index (χ1v) is 9.63. The highest BCUT2D eigenvalue weighted by Gasteiger charge is 2.09. The largest absolute Gasteiger partial charge is 0.485 e. The van der Waals surface area contributed by atoms with Crippen LogP contribution < -0.4 is 21.4 Å². The van der Waals surface area contributed by atoms with E-state index in [0.717, 1.165) is 29.5 Å². The Bertz CT molecular complexity index is 1220. The molecule has 0 fully saturated rings. The van der Waals surface area contributed by atoms with Crippen molar-refractivity contribution in [1.82, 2.24) is 15.0 Å². The predicted octanol–water partition coefficient (Wildman–Crippen LogP) is 3.84. The molecule has 0 saturated carbocycles. The molecule has 2 aromatic carbocycles. The molecule has 0 radical (unpaired) electrons. The van der Waals surface area contributed by atoms with Gasteiger partial charge in [-0.15, -0.1) is 0 Å². The molecule has 8 nitrogen and oxygen atoms in total. The molecule has 152 valence electrons. The fourth-order valence-corrected chi connectivity index (χ4v) is 3.13. The van der Waals surface area contributed by atoms with Crippen LogP contribution in [0.3, 0.4) is 0 Å². The molecule has 4 aromatic rings. The smallest absolute Gasteiger partial charge is 0.336 e. The number of fused-ring (bicyclic) bond motifs is 1. The van der Waals surface area contributed by atoms with Crippen LogP contribution in [0.1, 0.15) is 24.7 Å². The lowest BCUT2D eigenvalue weighted by molar-refractivity contribution is 0.296. The van der Waals surface area contributed by atoms with Gasteiger partial charge in [0.25, 0.3) is 0 Å². The van der Waals surface area contributed by atoms with Gasteiger partial charge in [0.1, 0.15) is 17.9 Å². The Kier molecular flexibility index (Phi) is 5.56. The molecule has 3 N–H and O–H groups in total. The fraction of sp³-hybridized carbons (Fsp3) is 0.182. The number of ether oxygens (including phenoxy) is 1. The third kappa shape index (κ3) is 4.54. The van der Waals surface area contributed by atoms with E-state index in [4.69, 9.17) is 14.9 Å². The van der Waals surface area contributed by atoms with Gasteiger partial charge < -0.3 is 20.2 Å². The number of nitrogens with zero attached hydrogens (tertiary/aromatic N) is 3. The maximum absolute atomic E-state index is 11.8. The lowest BCUT2D eigenvalue weighted by Gasteiger charge is -2.10. The number of nitrogens with two attached hydrogens (primary N) is 1. The van der Waals surface area contributed by atoms with Crippen molar-refractivity contribution in [1.29, 1.82) is 0 Å². The maximum atomic E-state index is 11.8. The van der Waals surface area contributed by atoms with Gasteiger partial charge in [-0.05, 0) is 36.2 Å². The molecular weight excluding hydrogens is 382 g/mol. The van der Waals surface area contributed by atoms with Crippen molar-refractivity contribution in [3.63, 3.8) is 0 Å². The van der Waals surface area contributed by atoms with Crippen LogP contribution in [-0.4, -0.2) is 15.0 Å². The molecule has 0 bridgehead atoms. The molecule has 0 spiro atoms. The van der Waals surface area contributed by atoms with Gasteiger partial charge in [-0.3, -0.25) is 0 Å². The number of nitrogens with one attached hydrogen (secondary N) is 1. The molecule has 0 aliphatic carbocycles. The Balaban J connectivity index is 1.53. The molecule has 2 heterocycles. The number of para-hydroxylation sites is 1. The number of aromatic nitrogens is 3. The first-order chi connectivity index (χ1) is 14.6. The van der Waals surface area contributed by atoms with Crippen LogP contribution in [0.15, 0.2) is 63.8 Å². The fourth-order valence-electron chi connectivity index (χ4n) is 3.13. The first kappa shape index (κ1) is 19.4. The normalized spacial score (nSPS) is 10.8. The van der Waals surface area contributed by atoms with E-state index in [9.17, 15) is 4.79 Å². The molecule has 0 amide bonds. The Labute approximate surface area is 172 Å². The number of benzene rings is 2. The van der Waals surface area contributed by atoms with E-state index in [1.54, 1.807) is 12.1 Å². The molecule has 2 aromatic heterocycles. The number of hydrogen-bond acceptors (Lipinski definition) is 8. The lowest BCUT2D eigenvalue weighted by atomic mass is 10.1. The zero-order valence-electron chi connectivity index (χ0n) is 16.5. The van der Waals surface area contributed by atoms with Gasteiger partial charge in [0, 0.05) is 23.2 Å². The standard InChI is InChI=1S/C22H21N5O3/c1-2-6-14-11-20(28)30-18-12-16(9-10-17(14)18)29-13-19-25-21(23)27-22(26-19)24-15-7-4-3-5-8-15/h3-5,7-12H,2,6,13H2,1H3,(H3,23,24,25,26,27). The van der Waals surface area contributed by atoms with Gasteiger partial charge in [0.15, 0.2) is 5.82 Å². The molecule has 8 heteroatoms. The molecule has 4 rings (SSSR count). The van der Waals surface area contributed by atoms with E-state index in [2.05, 4.69) is 27.2 Å². The van der Waals surface area contributed by atoms with Crippen molar-refractivity contribution in [3.8, 4) is 5.75 Å². The second kappa shape index (κ2) is 8.60. The number of nitrogen functional groups attached to an aromatic ring is 1. The summed E-state index contributed by atoms with van der Waals surface area (Å²) in [6.07, 6.45) is 1.75. The summed E-state index contributed by atoms with van der Waals surface area (Å²) in [5.41, 5.74) is 7.74. The summed E-state index contributed by atoms with van der Waals surface area (Å²) in [7, 11) is 0. The Morgan fingerprint density at radius 2 is 1.90 bits per heavy atom. The molecule has 0 aliphatic heterocycles. The van der Waals surface area contributed by atoms with Crippen LogP contribution in [0.5, 0.6) is 5.75 Å². The van der Waals surface area contributed by atoms with Crippen LogP contribution in [0.2, 0.25) is 0 Å². The van der Waals surface area contributed by atoms with E-state index in [0.29, 0.717) is 23.1 Å². The first-order valence-electron chi connectivity index (χ1n) is 9.63. The average molecular weight is 403 g/mol. The Morgan fingerprint density at radius 1 is 1.07 bits per heavy atom. The van der Waals surface area contributed by atoms with Crippen molar-refractivity contribution in [2.75, 3.05) is 11.1 Å². The number of anilines is 3. The maximum Gasteiger partial charge on any atom is 0.336 e. The van der Waals surface area contributed by atoms with Gasteiger partial charge >= 0.3 is 5.63 Å². The highest BCUT2D eigenvalue weighted by atomic mass is 16.5. The highest BCUT2D eigenvalue weighted by Crippen LogP contribution is 2.24. The monoisotopic (exact) mass is 403 g/mol. The summed E-state index contributed by atoms with van der Waals surface area (Å²) in [5, 5.41) is 3.99. The molecule has 0 aliphatic rings. The van der Waals surface area contributed by atoms with Gasteiger partial charge in [-0.1, -0.05) is 31.5 Å².